The average molecular weight is 291 g/mol. The second kappa shape index (κ2) is 6.02. The van der Waals surface area contributed by atoms with Gasteiger partial charge in [-0.25, -0.2) is 18.5 Å². The number of hydrogen-bond acceptors (Lipinski definition) is 4. The van der Waals surface area contributed by atoms with Gasteiger partial charge in [-0.3, -0.25) is 0 Å². The first kappa shape index (κ1) is 14.5. The predicted octanol–water partition coefficient (Wildman–Crippen LogP) is 1.90. The van der Waals surface area contributed by atoms with Crippen LogP contribution in [0.2, 0.25) is 0 Å². The van der Waals surface area contributed by atoms with Crippen molar-refractivity contribution in [2.75, 3.05) is 5.32 Å². The topological polar surface area (TPSA) is 85.1 Å². The largest absolute Gasteiger partial charge is 0.365 e. The Balaban J connectivity index is 2.24. The normalized spacial score (nSPS) is 11.3. The summed E-state index contributed by atoms with van der Waals surface area (Å²) in [5.41, 5.74) is 2.33. The molecule has 0 saturated heterocycles. The van der Waals surface area contributed by atoms with Crippen LogP contribution in [0.3, 0.4) is 0 Å². The first-order valence-corrected chi connectivity index (χ1v) is 7.85. The van der Waals surface area contributed by atoms with Crippen LogP contribution < -0.4 is 10.5 Å². The van der Waals surface area contributed by atoms with E-state index < -0.39 is 10.0 Å². The Kier molecular flexibility index (Phi) is 4.36. The fraction of sp³-hybridized carbons (Fsp3) is 0.214. The van der Waals surface area contributed by atoms with E-state index in [1.807, 2.05) is 18.2 Å². The Morgan fingerprint density at radius 2 is 1.85 bits per heavy atom. The van der Waals surface area contributed by atoms with Crippen molar-refractivity contribution in [2.45, 2.75) is 24.8 Å². The van der Waals surface area contributed by atoms with E-state index in [9.17, 15) is 8.42 Å². The molecule has 0 bridgehead atoms. The van der Waals surface area contributed by atoms with Crippen molar-refractivity contribution in [3.05, 3.63) is 53.7 Å². The van der Waals surface area contributed by atoms with Gasteiger partial charge in [-0.15, -0.1) is 0 Å². The molecule has 3 N–H and O–H groups in total. The number of hydrogen-bond donors (Lipinski definition) is 2. The van der Waals surface area contributed by atoms with E-state index in [1.54, 1.807) is 6.07 Å². The van der Waals surface area contributed by atoms with E-state index in [2.05, 4.69) is 23.3 Å². The molecule has 0 aliphatic heterocycles. The SMILES string of the molecule is CCc1ccccc1CNc1ncccc1S(N)(=O)=O. The van der Waals surface area contributed by atoms with Gasteiger partial charge < -0.3 is 5.32 Å². The number of aryl methyl sites for hydroxylation is 1. The standard InChI is InChI=1S/C14H17N3O2S/c1-2-11-6-3-4-7-12(11)10-17-14-13(20(15,18)19)8-5-9-16-14/h3-9H,2,10H2,1H3,(H,16,17)(H2,15,18,19). The number of nitrogens with zero attached hydrogens (tertiary/aromatic N) is 1. The minimum absolute atomic E-state index is 0.00831. The zero-order valence-electron chi connectivity index (χ0n) is 11.2. The average Bonchev–Trinajstić information content (AvgIpc) is 2.44. The van der Waals surface area contributed by atoms with E-state index in [1.165, 1.54) is 17.8 Å². The van der Waals surface area contributed by atoms with Gasteiger partial charge in [0.2, 0.25) is 10.0 Å². The van der Waals surface area contributed by atoms with Crippen LogP contribution >= 0.6 is 0 Å². The summed E-state index contributed by atoms with van der Waals surface area (Å²) in [6, 6.07) is 11.0. The van der Waals surface area contributed by atoms with Gasteiger partial charge in [0, 0.05) is 12.7 Å². The smallest absolute Gasteiger partial charge is 0.241 e. The molecule has 1 aromatic heterocycles. The number of primary sulfonamides is 1. The lowest BCUT2D eigenvalue weighted by Gasteiger charge is -2.11. The molecule has 0 spiro atoms. The third kappa shape index (κ3) is 3.34. The zero-order chi connectivity index (χ0) is 14.6. The lowest BCUT2D eigenvalue weighted by molar-refractivity contribution is 0.597. The molecule has 0 atom stereocenters. The Morgan fingerprint density at radius 1 is 1.15 bits per heavy atom. The number of rotatable bonds is 5. The van der Waals surface area contributed by atoms with Crippen LogP contribution in [-0.2, 0) is 23.0 Å². The number of anilines is 1. The Morgan fingerprint density at radius 3 is 2.50 bits per heavy atom. The third-order valence-electron chi connectivity index (χ3n) is 3.02. The van der Waals surface area contributed by atoms with Crippen LogP contribution in [0, 0.1) is 0 Å². The fourth-order valence-electron chi connectivity index (χ4n) is 2.01. The molecule has 0 saturated carbocycles. The molecule has 6 heteroatoms. The first-order valence-electron chi connectivity index (χ1n) is 6.31. The van der Waals surface area contributed by atoms with Crippen LogP contribution in [0.1, 0.15) is 18.1 Å². The van der Waals surface area contributed by atoms with Gasteiger partial charge in [-0.05, 0) is 29.7 Å². The molecule has 2 aromatic rings. The quantitative estimate of drug-likeness (QED) is 0.881. The molecule has 20 heavy (non-hydrogen) atoms. The van der Waals surface area contributed by atoms with E-state index in [-0.39, 0.29) is 10.7 Å². The summed E-state index contributed by atoms with van der Waals surface area (Å²) in [4.78, 5) is 4.05. The number of pyridine rings is 1. The molecule has 1 heterocycles. The van der Waals surface area contributed by atoms with Crippen molar-refractivity contribution in [2.24, 2.45) is 5.14 Å². The third-order valence-corrected chi connectivity index (χ3v) is 3.97. The monoisotopic (exact) mass is 291 g/mol. The molecule has 0 fully saturated rings. The van der Waals surface area contributed by atoms with Crippen LogP contribution in [0.4, 0.5) is 5.82 Å². The highest BCUT2D eigenvalue weighted by Crippen LogP contribution is 2.18. The lowest BCUT2D eigenvalue weighted by atomic mass is 10.1. The van der Waals surface area contributed by atoms with Gasteiger partial charge in [0.25, 0.3) is 0 Å². The second-order valence-electron chi connectivity index (χ2n) is 4.37. The van der Waals surface area contributed by atoms with Crippen molar-refractivity contribution in [3.63, 3.8) is 0 Å². The molecular weight excluding hydrogens is 274 g/mol. The number of nitrogens with two attached hydrogens (primary N) is 1. The number of benzene rings is 1. The van der Waals surface area contributed by atoms with E-state index >= 15 is 0 Å². The van der Waals surface area contributed by atoms with E-state index in [0.717, 1.165) is 12.0 Å². The van der Waals surface area contributed by atoms with Crippen LogP contribution in [0.25, 0.3) is 0 Å². The number of nitrogens with one attached hydrogen (secondary N) is 1. The van der Waals surface area contributed by atoms with Crippen LogP contribution in [0.5, 0.6) is 0 Å². The summed E-state index contributed by atoms with van der Waals surface area (Å²) >= 11 is 0. The van der Waals surface area contributed by atoms with Gasteiger partial charge in [0.05, 0.1) is 0 Å². The number of sulfonamides is 1. The Bertz CT molecular complexity index is 699. The van der Waals surface area contributed by atoms with Crippen LogP contribution in [0.15, 0.2) is 47.5 Å². The summed E-state index contributed by atoms with van der Waals surface area (Å²) < 4.78 is 23.0. The van der Waals surface area contributed by atoms with Crippen molar-refractivity contribution in [1.29, 1.82) is 0 Å². The minimum Gasteiger partial charge on any atom is -0.365 e. The highest BCUT2D eigenvalue weighted by molar-refractivity contribution is 7.89. The summed E-state index contributed by atoms with van der Waals surface area (Å²) in [7, 11) is -3.78. The van der Waals surface area contributed by atoms with Crippen molar-refractivity contribution >= 4 is 15.8 Å². The molecule has 0 unspecified atom stereocenters. The maximum Gasteiger partial charge on any atom is 0.241 e. The molecule has 0 aliphatic rings. The van der Waals surface area contributed by atoms with Gasteiger partial charge in [0.1, 0.15) is 10.7 Å². The summed E-state index contributed by atoms with van der Waals surface area (Å²) in [5.74, 6) is 0.279. The predicted molar refractivity (Wildman–Crippen MR) is 78.8 cm³/mol. The first-order chi connectivity index (χ1) is 9.52. The van der Waals surface area contributed by atoms with Gasteiger partial charge in [-0.2, -0.15) is 0 Å². The zero-order valence-corrected chi connectivity index (χ0v) is 12.0. The van der Waals surface area contributed by atoms with Crippen molar-refractivity contribution < 1.29 is 8.42 Å². The Hall–Kier alpha value is -1.92. The Labute approximate surface area is 118 Å². The summed E-state index contributed by atoms with van der Waals surface area (Å²) in [5, 5.41) is 8.22. The summed E-state index contributed by atoms with van der Waals surface area (Å²) in [6.45, 7) is 2.58. The van der Waals surface area contributed by atoms with E-state index in [4.69, 9.17) is 5.14 Å². The minimum atomic E-state index is -3.78. The van der Waals surface area contributed by atoms with Crippen LogP contribution in [-0.4, -0.2) is 13.4 Å². The summed E-state index contributed by atoms with van der Waals surface area (Å²) in [6.07, 6.45) is 2.45. The molecule has 5 nitrogen and oxygen atoms in total. The molecule has 0 radical (unpaired) electrons. The fourth-order valence-corrected chi connectivity index (χ4v) is 2.67. The molecule has 106 valence electrons. The highest BCUT2D eigenvalue weighted by atomic mass is 32.2. The van der Waals surface area contributed by atoms with E-state index in [0.29, 0.717) is 6.54 Å². The molecule has 0 aliphatic carbocycles. The highest BCUT2D eigenvalue weighted by Gasteiger charge is 2.14. The van der Waals surface area contributed by atoms with Gasteiger partial charge in [-0.1, -0.05) is 31.2 Å². The lowest BCUT2D eigenvalue weighted by Crippen LogP contribution is -2.16. The maximum absolute atomic E-state index is 11.5. The molecule has 1 aromatic carbocycles. The molecular formula is C14H17N3O2S. The molecule has 0 amide bonds. The maximum atomic E-state index is 11.5. The molecule has 2 rings (SSSR count). The van der Waals surface area contributed by atoms with Gasteiger partial charge in [0.15, 0.2) is 0 Å². The van der Waals surface area contributed by atoms with Crippen molar-refractivity contribution in [3.8, 4) is 0 Å². The van der Waals surface area contributed by atoms with Crippen molar-refractivity contribution in [1.82, 2.24) is 4.98 Å². The van der Waals surface area contributed by atoms with Gasteiger partial charge >= 0.3 is 0 Å². The number of aromatic nitrogens is 1. The second-order valence-corrected chi connectivity index (χ2v) is 5.90.